The second-order valence-corrected chi connectivity index (χ2v) is 7.63. The molecule has 7 heteroatoms. The molecule has 1 aliphatic heterocycles. The average molecular weight is 440 g/mol. The Kier molecular flexibility index (Phi) is 5.94. The highest BCUT2D eigenvalue weighted by Crippen LogP contribution is 2.22. The Bertz CT molecular complexity index is 829. The summed E-state index contributed by atoms with van der Waals surface area (Å²) < 4.78 is 13.7. The molecule has 0 aliphatic carbocycles. The van der Waals surface area contributed by atoms with Crippen LogP contribution in [-0.4, -0.2) is 29.8 Å². The number of carbonyl (C=O) groups is 2. The second kappa shape index (κ2) is 8.18. The van der Waals surface area contributed by atoms with E-state index in [1.165, 1.54) is 12.1 Å². The van der Waals surface area contributed by atoms with Gasteiger partial charge in [-0.25, -0.2) is 4.39 Å². The van der Waals surface area contributed by atoms with Crippen LogP contribution in [0.5, 0.6) is 0 Å². The summed E-state index contributed by atoms with van der Waals surface area (Å²) in [6, 6.07) is 11.2. The fourth-order valence-electron chi connectivity index (χ4n) is 2.96. The lowest BCUT2D eigenvalue weighted by atomic mass is 10.1. The number of halogens is 3. The fraction of sp³-hybridized carbons (Fsp3) is 0.263. The van der Waals surface area contributed by atoms with Gasteiger partial charge in [0.1, 0.15) is 5.82 Å². The molecule has 1 unspecified atom stereocenters. The summed E-state index contributed by atoms with van der Waals surface area (Å²) in [6.45, 7) is 1.40. The number of hydrogen-bond acceptors (Lipinski definition) is 2. The molecule has 1 heterocycles. The number of benzene rings is 2. The SMILES string of the molecule is O=C(NCC1CC(=O)N(Cc2ccc(F)cc2)C1)c1cc(Br)ccc1Cl. The summed E-state index contributed by atoms with van der Waals surface area (Å²) in [7, 11) is 0. The zero-order valence-electron chi connectivity index (χ0n) is 13.8. The molecule has 0 spiro atoms. The van der Waals surface area contributed by atoms with Gasteiger partial charge in [0.05, 0.1) is 10.6 Å². The van der Waals surface area contributed by atoms with Crippen LogP contribution in [0.3, 0.4) is 0 Å². The number of hydrogen-bond donors (Lipinski definition) is 1. The van der Waals surface area contributed by atoms with E-state index in [9.17, 15) is 14.0 Å². The van der Waals surface area contributed by atoms with Crippen LogP contribution in [0.4, 0.5) is 4.39 Å². The number of rotatable bonds is 5. The summed E-state index contributed by atoms with van der Waals surface area (Å²) >= 11 is 9.38. The lowest BCUT2D eigenvalue weighted by Gasteiger charge is -2.17. The Hall–Kier alpha value is -1.92. The lowest BCUT2D eigenvalue weighted by molar-refractivity contribution is -0.128. The van der Waals surface area contributed by atoms with Crippen molar-refractivity contribution in [2.24, 2.45) is 5.92 Å². The van der Waals surface area contributed by atoms with Gasteiger partial charge in [-0.1, -0.05) is 39.7 Å². The predicted molar refractivity (Wildman–Crippen MR) is 101 cm³/mol. The van der Waals surface area contributed by atoms with Gasteiger partial charge in [-0.05, 0) is 35.9 Å². The molecule has 26 heavy (non-hydrogen) atoms. The Balaban J connectivity index is 1.55. The molecule has 0 bridgehead atoms. The van der Waals surface area contributed by atoms with E-state index in [1.807, 2.05) is 0 Å². The molecule has 0 saturated carbocycles. The molecule has 1 N–H and O–H groups in total. The molecule has 0 aromatic heterocycles. The van der Waals surface area contributed by atoms with Gasteiger partial charge in [0.2, 0.25) is 5.91 Å². The number of nitrogens with one attached hydrogen (secondary N) is 1. The zero-order valence-corrected chi connectivity index (χ0v) is 16.2. The van der Waals surface area contributed by atoms with E-state index in [-0.39, 0.29) is 23.5 Å². The van der Waals surface area contributed by atoms with Crippen LogP contribution in [0.1, 0.15) is 22.3 Å². The number of amides is 2. The monoisotopic (exact) mass is 438 g/mol. The Morgan fingerprint density at radius 2 is 2.00 bits per heavy atom. The first-order valence-electron chi connectivity index (χ1n) is 8.18. The average Bonchev–Trinajstić information content (AvgIpc) is 2.96. The summed E-state index contributed by atoms with van der Waals surface area (Å²) in [6.07, 6.45) is 0.383. The lowest BCUT2D eigenvalue weighted by Crippen LogP contribution is -2.31. The van der Waals surface area contributed by atoms with Crippen molar-refractivity contribution in [2.75, 3.05) is 13.1 Å². The molecule has 3 rings (SSSR count). The van der Waals surface area contributed by atoms with Crippen LogP contribution in [0, 0.1) is 11.7 Å². The van der Waals surface area contributed by atoms with Gasteiger partial charge in [-0.15, -0.1) is 0 Å². The Morgan fingerprint density at radius 3 is 2.73 bits per heavy atom. The molecule has 136 valence electrons. The molecule has 1 atom stereocenters. The first kappa shape index (κ1) is 18.9. The summed E-state index contributed by atoms with van der Waals surface area (Å²) in [5.41, 5.74) is 1.28. The van der Waals surface area contributed by atoms with Gasteiger partial charge in [0.25, 0.3) is 5.91 Å². The van der Waals surface area contributed by atoms with E-state index in [4.69, 9.17) is 11.6 Å². The van der Waals surface area contributed by atoms with Crippen LogP contribution in [-0.2, 0) is 11.3 Å². The largest absolute Gasteiger partial charge is 0.352 e. The predicted octanol–water partition coefficient (Wildman–Crippen LogP) is 4.02. The van der Waals surface area contributed by atoms with E-state index >= 15 is 0 Å². The van der Waals surface area contributed by atoms with Gasteiger partial charge in [0, 0.05) is 36.4 Å². The highest BCUT2D eigenvalue weighted by atomic mass is 79.9. The van der Waals surface area contributed by atoms with Crippen molar-refractivity contribution in [1.82, 2.24) is 10.2 Å². The number of likely N-dealkylation sites (tertiary alicyclic amines) is 1. The minimum Gasteiger partial charge on any atom is -0.352 e. The molecule has 2 aromatic carbocycles. The second-order valence-electron chi connectivity index (χ2n) is 6.31. The van der Waals surface area contributed by atoms with E-state index in [0.29, 0.717) is 36.6 Å². The van der Waals surface area contributed by atoms with Crippen LogP contribution < -0.4 is 5.32 Å². The van der Waals surface area contributed by atoms with Crippen molar-refractivity contribution in [3.63, 3.8) is 0 Å². The minimum absolute atomic E-state index is 0.0362. The summed E-state index contributed by atoms with van der Waals surface area (Å²) in [5, 5.41) is 3.23. The minimum atomic E-state index is -0.298. The third kappa shape index (κ3) is 4.62. The van der Waals surface area contributed by atoms with Gasteiger partial charge in [0.15, 0.2) is 0 Å². The normalized spacial score (nSPS) is 16.8. The molecule has 1 fully saturated rings. The van der Waals surface area contributed by atoms with Crippen LogP contribution in [0.25, 0.3) is 0 Å². The van der Waals surface area contributed by atoms with Crippen LogP contribution in [0.2, 0.25) is 5.02 Å². The molecule has 1 saturated heterocycles. The number of nitrogens with zero attached hydrogens (tertiary/aromatic N) is 1. The standard InChI is InChI=1S/C19H17BrClFN2O2/c20-14-3-6-17(21)16(8-14)19(26)23-9-13-7-18(25)24(11-13)10-12-1-4-15(22)5-2-12/h1-6,8,13H,7,9-11H2,(H,23,26). The third-order valence-corrected chi connectivity index (χ3v) is 5.13. The highest BCUT2D eigenvalue weighted by Gasteiger charge is 2.29. The van der Waals surface area contributed by atoms with Crippen molar-refractivity contribution in [2.45, 2.75) is 13.0 Å². The molecular weight excluding hydrogens is 423 g/mol. The quantitative estimate of drug-likeness (QED) is 0.765. The molecule has 0 radical (unpaired) electrons. The maximum atomic E-state index is 13.0. The molecular formula is C19H17BrClFN2O2. The van der Waals surface area contributed by atoms with E-state index < -0.39 is 0 Å². The van der Waals surface area contributed by atoms with Crippen molar-refractivity contribution >= 4 is 39.3 Å². The van der Waals surface area contributed by atoms with Crippen LogP contribution >= 0.6 is 27.5 Å². The molecule has 2 amide bonds. The van der Waals surface area contributed by atoms with Crippen molar-refractivity contribution in [3.05, 3.63) is 68.9 Å². The van der Waals surface area contributed by atoms with E-state index in [1.54, 1.807) is 35.2 Å². The maximum Gasteiger partial charge on any atom is 0.252 e. The van der Waals surface area contributed by atoms with Crippen molar-refractivity contribution in [3.8, 4) is 0 Å². The van der Waals surface area contributed by atoms with Gasteiger partial charge in [-0.3, -0.25) is 9.59 Å². The van der Waals surface area contributed by atoms with Gasteiger partial charge in [-0.2, -0.15) is 0 Å². The highest BCUT2D eigenvalue weighted by molar-refractivity contribution is 9.10. The number of carbonyl (C=O) groups excluding carboxylic acids is 2. The molecule has 1 aliphatic rings. The first-order valence-corrected chi connectivity index (χ1v) is 9.35. The molecule has 2 aromatic rings. The van der Waals surface area contributed by atoms with Crippen molar-refractivity contribution in [1.29, 1.82) is 0 Å². The topological polar surface area (TPSA) is 49.4 Å². The van der Waals surface area contributed by atoms with E-state index in [2.05, 4.69) is 21.2 Å². The Morgan fingerprint density at radius 1 is 1.27 bits per heavy atom. The zero-order chi connectivity index (χ0) is 18.7. The maximum absolute atomic E-state index is 13.0. The van der Waals surface area contributed by atoms with Crippen LogP contribution in [0.15, 0.2) is 46.9 Å². The first-order chi connectivity index (χ1) is 12.4. The van der Waals surface area contributed by atoms with Gasteiger partial charge >= 0.3 is 0 Å². The third-order valence-electron chi connectivity index (χ3n) is 4.31. The van der Waals surface area contributed by atoms with Crippen molar-refractivity contribution < 1.29 is 14.0 Å². The smallest absolute Gasteiger partial charge is 0.252 e. The summed E-state index contributed by atoms with van der Waals surface area (Å²) in [5.74, 6) is -0.485. The summed E-state index contributed by atoms with van der Waals surface area (Å²) in [4.78, 5) is 26.2. The van der Waals surface area contributed by atoms with Gasteiger partial charge < -0.3 is 10.2 Å². The fourth-order valence-corrected chi connectivity index (χ4v) is 3.52. The van der Waals surface area contributed by atoms with E-state index in [0.717, 1.165) is 10.0 Å². The Labute approximate surface area is 164 Å². The molecule has 4 nitrogen and oxygen atoms in total.